The average molecular weight is 300 g/mol. The highest BCUT2D eigenvalue weighted by Crippen LogP contribution is 2.30. The first-order chi connectivity index (χ1) is 8.20. The van der Waals surface area contributed by atoms with Gasteiger partial charge in [-0.2, -0.15) is 0 Å². The van der Waals surface area contributed by atoms with E-state index in [1.807, 2.05) is 12.1 Å². The maximum atomic E-state index is 13.7. The monoisotopic (exact) mass is 299 g/mol. The van der Waals surface area contributed by atoms with Gasteiger partial charge in [0.2, 0.25) is 0 Å². The Morgan fingerprint density at radius 3 is 2.82 bits per heavy atom. The lowest BCUT2D eigenvalue weighted by atomic mass is 9.83. The van der Waals surface area contributed by atoms with Gasteiger partial charge in [-0.05, 0) is 37.0 Å². The van der Waals surface area contributed by atoms with E-state index in [9.17, 15) is 4.39 Å². The molecule has 0 saturated heterocycles. The fraction of sp³-hybridized carbons (Fsp3) is 0.571. The van der Waals surface area contributed by atoms with Crippen LogP contribution in [0.15, 0.2) is 22.7 Å². The summed E-state index contributed by atoms with van der Waals surface area (Å²) in [6.45, 7) is 2.22. The van der Waals surface area contributed by atoms with Crippen molar-refractivity contribution in [3.8, 4) is 0 Å². The molecule has 1 aromatic carbocycles. The Balaban J connectivity index is 2.08. The van der Waals surface area contributed by atoms with Crippen LogP contribution in [0.25, 0.3) is 0 Å². The number of rotatable bonds is 3. The molecule has 1 fully saturated rings. The summed E-state index contributed by atoms with van der Waals surface area (Å²) in [5, 5.41) is 3.38. The maximum absolute atomic E-state index is 13.7. The Labute approximate surface area is 111 Å². The SMILES string of the molecule is CCC1CCCCC1Nc1ccc(Br)cc1F. The fourth-order valence-electron chi connectivity index (χ4n) is 2.69. The summed E-state index contributed by atoms with van der Waals surface area (Å²) in [5.41, 5.74) is 0.638. The van der Waals surface area contributed by atoms with Crippen LogP contribution in [0, 0.1) is 11.7 Å². The van der Waals surface area contributed by atoms with Crippen molar-refractivity contribution in [2.75, 3.05) is 5.32 Å². The van der Waals surface area contributed by atoms with Crippen LogP contribution in [0.2, 0.25) is 0 Å². The Morgan fingerprint density at radius 2 is 2.12 bits per heavy atom. The first-order valence-electron chi connectivity index (χ1n) is 6.42. The van der Waals surface area contributed by atoms with E-state index in [-0.39, 0.29) is 5.82 Å². The fourth-order valence-corrected chi connectivity index (χ4v) is 3.03. The van der Waals surface area contributed by atoms with E-state index >= 15 is 0 Å². The van der Waals surface area contributed by atoms with E-state index in [4.69, 9.17) is 0 Å². The van der Waals surface area contributed by atoms with Crippen LogP contribution in [0.4, 0.5) is 10.1 Å². The molecule has 0 amide bonds. The van der Waals surface area contributed by atoms with Gasteiger partial charge in [-0.1, -0.05) is 42.1 Å². The van der Waals surface area contributed by atoms with Crippen molar-refractivity contribution in [2.24, 2.45) is 5.92 Å². The summed E-state index contributed by atoms with van der Waals surface area (Å²) in [5.74, 6) is 0.520. The summed E-state index contributed by atoms with van der Waals surface area (Å²) in [4.78, 5) is 0. The van der Waals surface area contributed by atoms with Gasteiger partial charge in [0, 0.05) is 10.5 Å². The second-order valence-electron chi connectivity index (χ2n) is 4.83. The van der Waals surface area contributed by atoms with E-state index in [2.05, 4.69) is 28.2 Å². The van der Waals surface area contributed by atoms with Crippen molar-refractivity contribution in [1.82, 2.24) is 0 Å². The molecule has 2 unspecified atom stereocenters. The van der Waals surface area contributed by atoms with Gasteiger partial charge in [0.15, 0.2) is 0 Å². The minimum Gasteiger partial charge on any atom is -0.380 e. The molecule has 2 atom stereocenters. The minimum atomic E-state index is -0.167. The number of hydrogen-bond donors (Lipinski definition) is 1. The van der Waals surface area contributed by atoms with Crippen LogP contribution >= 0.6 is 15.9 Å². The summed E-state index contributed by atoms with van der Waals surface area (Å²) in [6, 6.07) is 5.66. The smallest absolute Gasteiger partial charge is 0.147 e. The molecule has 0 radical (unpaired) electrons. The van der Waals surface area contributed by atoms with Gasteiger partial charge in [-0.3, -0.25) is 0 Å². The molecule has 1 aliphatic carbocycles. The van der Waals surface area contributed by atoms with Gasteiger partial charge in [-0.25, -0.2) is 4.39 Å². The van der Waals surface area contributed by atoms with E-state index in [1.165, 1.54) is 31.7 Å². The highest BCUT2D eigenvalue weighted by Gasteiger charge is 2.23. The van der Waals surface area contributed by atoms with Gasteiger partial charge in [0.25, 0.3) is 0 Å². The van der Waals surface area contributed by atoms with E-state index in [0.717, 1.165) is 10.9 Å². The van der Waals surface area contributed by atoms with E-state index in [1.54, 1.807) is 0 Å². The highest BCUT2D eigenvalue weighted by molar-refractivity contribution is 9.10. The Kier molecular flexibility index (Phi) is 4.43. The lowest BCUT2D eigenvalue weighted by molar-refractivity contribution is 0.316. The Bertz CT molecular complexity index is 380. The van der Waals surface area contributed by atoms with Crippen LogP contribution in [-0.2, 0) is 0 Å². The molecule has 0 bridgehead atoms. The molecule has 2 rings (SSSR count). The summed E-state index contributed by atoms with van der Waals surface area (Å²) < 4.78 is 14.5. The lowest BCUT2D eigenvalue weighted by Crippen LogP contribution is -2.32. The van der Waals surface area contributed by atoms with Gasteiger partial charge in [0.1, 0.15) is 5.82 Å². The highest BCUT2D eigenvalue weighted by atomic mass is 79.9. The molecule has 94 valence electrons. The molecule has 1 N–H and O–H groups in total. The minimum absolute atomic E-state index is 0.167. The molecule has 3 heteroatoms. The van der Waals surface area contributed by atoms with Gasteiger partial charge in [-0.15, -0.1) is 0 Å². The number of halogens is 2. The molecule has 1 aromatic rings. The molecular formula is C14H19BrFN. The molecule has 0 aliphatic heterocycles. The zero-order valence-electron chi connectivity index (χ0n) is 10.2. The number of anilines is 1. The zero-order valence-corrected chi connectivity index (χ0v) is 11.8. The van der Waals surface area contributed by atoms with E-state index < -0.39 is 0 Å². The van der Waals surface area contributed by atoms with Crippen molar-refractivity contribution in [3.63, 3.8) is 0 Å². The normalized spacial score (nSPS) is 24.6. The Morgan fingerprint density at radius 1 is 1.35 bits per heavy atom. The first-order valence-corrected chi connectivity index (χ1v) is 7.21. The van der Waals surface area contributed by atoms with Crippen LogP contribution in [-0.4, -0.2) is 6.04 Å². The van der Waals surface area contributed by atoms with Crippen molar-refractivity contribution in [2.45, 2.75) is 45.1 Å². The average Bonchev–Trinajstić information content (AvgIpc) is 2.33. The lowest BCUT2D eigenvalue weighted by Gasteiger charge is -2.32. The molecular weight excluding hydrogens is 281 g/mol. The number of benzene rings is 1. The third kappa shape index (κ3) is 3.21. The van der Waals surface area contributed by atoms with Crippen molar-refractivity contribution in [1.29, 1.82) is 0 Å². The predicted octanol–water partition coefficient (Wildman–Crippen LogP) is 4.97. The van der Waals surface area contributed by atoms with Crippen molar-refractivity contribution < 1.29 is 4.39 Å². The predicted molar refractivity (Wildman–Crippen MR) is 73.8 cm³/mol. The standard InChI is InChI=1S/C14H19BrFN/c1-2-10-5-3-4-6-13(10)17-14-8-7-11(15)9-12(14)16/h7-10,13,17H,2-6H2,1H3. The van der Waals surface area contributed by atoms with Gasteiger partial charge < -0.3 is 5.32 Å². The molecule has 0 heterocycles. The summed E-state index contributed by atoms with van der Waals surface area (Å²) in [6.07, 6.45) is 6.18. The molecule has 1 saturated carbocycles. The Hall–Kier alpha value is -0.570. The topological polar surface area (TPSA) is 12.0 Å². The molecule has 1 nitrogen and oxygen atoms in total. The third-order valence-electron chi connectivity index (χ3n) is 3.71. The first kappa shape index (κ1) is 12.9. The number of hydrogen-bond acceptors (Lipinski definition) is 1. The van der Waals surface area contributed by atoms with Crippen LogP contribution < -0.4 is 5.32 Å². The molecule has 0 spiro atoms. The zero-order chi connectivity index (χ0) is 12.3. The summed E-state index contributed by atoms with van der Waals surface area (Å²) >= 11 is 3.28. The molecule has 0 aromatic heterocycles. The van der Waals surface area contributed by atoms with Crippen molar-refractivity contribution >= 4 is 21.6 Å². The van der Waals surface area contributed by atoms with E-state index in [0.29, 0.717) is 17.6 Å². The number of nitrogens with one attached hydrogen (secondary N) is 1. The van der Waals surface area contributed by atoms with Crippen LogP contribution in [0.5, 0.6) is 0 Å². The van der Waals surface area contributed by atoms with Crippen LogP contribution in [0.3, 0.4) is 0 Å². The maximum Gasteiger partial charge on any atom is 0.147 e. The largest absolute Gasteiger partial charge is 0.380 e. The second kappa shape index (κ2) is 5.85. The van der Waals surface area contributed by atoms with Crippen LogP contribution in [0.1, 0.15) is 39.0 Å². The third-order valence-corrected chi connectivity index (χ3v) is 4.20. The van der Waals surface area contributed by atoms with Gasteiger partial charge in [0.05, 0.1) is 5.69 Å². The van der Waals surface area contributed by atoms with Crippen molar-refractivity contribution in [3.05, 3.63) is 28.5 Å². The second-order valence-corrected chi connectivity index (χ2v) is 5.74. The molecule has 1 aliphatic rings. The van der Waals surface area contributed by atoms with Gasteiger partial charge >= 0.3 is 0 Å². The molecule has 17 heavy (non-hydrogen) atoms. The summed E-state index contributed by atoms with van der Waals surface area (Å²) in [7, 11) is 0. The quantitative estimate of drug-likeness (QED) is 0.831.